The maximum atomic E-state index is 13.9. The molecule has 1 aliphatic rings. The molecule has 5 rings (SSSR count). The fourth-order valence-electron chi connectivity index (χ4n) is 4.59. The minimum atomic E-state index is -0.880. The lowest BCUT2D eigenvalue weighted by molar-refractivity contribution is -0.113. The number of carbonyl (C=O) groups excluding carboxylic acids is 2. The van der Waals surface area contributed by atoms with Gasteiger partial charge in [0.1, 0.15) is 11.6 Å². The molecule has 1 heterocycles. The molecule has 0 bridgehead atoms. The SMILES string of the molecule is O=C(CSc1nc2ccccc2c(=O)n1Cc1ccc(C(=O)NC2CCCC2)cc1)Nc1ccc(F)cc1F. The van der Waals surface area contributed by atoms with E-state index in [4.69, 9.17) is 0 Å². The molecule has 2 amide bonds. The zero-order valence-corrected chi connectivity index (χ0v) is 21.8. The summed E-state index contributed by atoms with van der Waals surface area (Å²) in [7, 11) is 0. The number of amides is 2. The Kier molecular flexibility index (Phi) is 8.02. The number of anilines is 1. The Bertz CT molecular complexity index is 1580. The highest BCUT2D eigenvalue weighted by atomic mass is 32.2. The molecule has 0 unspecified atom stereocenters. The van der Waals surface area contributed by atoms with Crippen molar-refractivity contribution in [3.63, 3.8) is 0 Å². The van der Waals surface area contributed by atoms with Crippen LogP contribution in [-0.2, 0) is 11.3 Å². The molecule has 10 heteroatoms. The smallest absolute Gasteiger partial charge is 0.262 e. The first-order valence-electron chi connectivity index (χ1n) is 12.6. The van der Waals surface area contributed by atoms with Gasteiger partial charge in [0.25, 0.3) is 11.5 Å². The lowest BCUT2D eigenvalue weighted by Crippen LogP contribution is -2.32. The summed E-state index contributed by atoms with van der Waals surface area (Å²) in [5.74, 6) is -2.42. The van der Waals surface area contributed by atoms with Gasteiger partial charge in [-0.15, -0.1) is 0 Å². The van der Waals surface area contributed by atoms with Gasteiger partial charge < -0.3 is 10.6 Å². The van der Waals surface area contributed by atoms with Crippen molar-refractivity contribution in [3.8, 4) is 0 Å². The molecule has 0 radical (unpaired) electrons. The molecular weight excluding hydrogens is 522 g/mol. The molecule has 2 N–H and O–H groups in total. The molecule has 7 nitrogen and oxygen atoms in total. The quantitative estimate of drug-likeness (QED) is 0.235. The standard InChI is InChI=1S/C29H26F2N4O3S/c30-20-13-14-25(23(31)15-20)33-26(36)17-39-29-34-24-8-4-3-7-22(24)28(38)35(29)16-18-9-11-19(12-10-18)27(37)32-21-5-1-2-6-21/h3-4,7-15,21H,1-2,5-6,16-17H2,(H,32,37)(H,33,36). The number of rotatable bonds is 8. The van der Waals surface area contributed by atoms with Crippen LogP contribution in [0.25, 0.3) is 10.9 Å². The topological polar surface area (TPSA) is 93.1 Å². The van der Waals surface area contributed by atoms with Crippen LogP contribution in [0.2, 0.25) is 0 Å². The van der Waals surface area contributed by atoms with E-state index in [2.05, 4.69) is 15.6 Å². The molecule has 0 saturated heterocycles. The van der Waals surface area contributed by atoms with Crippen molar-refractivity contribution in [1.82, 2.24) is 14.9 Å². The van der Waals surface area contributed by atoms with E-state index in [9.17, 15) is 23.2 Å². The molecule has 1 saturated carbocycles. The van der Waals surface area contributed by atoms with E-state index in [1.165, 1.54) is 4.57 Å². The Labute approximate surface area is 227 Å². The van der Waals surface area contributed by atoms with Crippen molar-refractivity contribution >= 4 is 40.2 Å². The highest BCUT2D eigenvalue weighted by molar-refractivity contribution is 7.99. The van der Waals surface area contributed by atoms with Crippen molar-refractivity contribution in [2.75, 3.05) is 11.1 Å². The number of carbonyl (C=O) groups is 2. The molecule has 3 aromatic carbocycles. The first-order valence-corrected chi connectivity index (χ1v) is 13.6. The maximum absolute atomic E-state index is 13.9. The third kappa shape index (κ3) is 6.34. The molecule has 39 heavy (non-hydrogen) atoms. The first-order chi connectivity index (χ1) is 18.9. The lowest BCUT2D eigenvalue weighted by Gasteiger charge is -2.14. The highest BCUT2D eigenvalue weighted by Crippen LogP contribution is 2.22. The highest BCUT2D eigenvalue weighted by Gasteiger charge is 2.18. The van der Waals surface area contributed by atoms with Crippen LogP contribution >= 0.6 is 11.8 Å². The number of thioether (sulfide) groups is 1. The molecule has 0 spiro atoms. The van der Waals surface area contributed by atoms with Gasteiger partial charge in [-0.2, -0.15) is 0 Å². The van der Waals surface area contributed by atoms with Gasteiger partial charge >= 0.3 is 0 Å². The number of hydrogen-bond donors (Lipinski definition) is 2. The van der Waals surface area contributed by atoms with Crippen LogP contribution in [0.1, 0.15) is 41.6 Å². The number of benzene rings is 3. The predicted molar refractivity (Wildman–Crippen MR) is 147 cm³/mol. The van der Waals surface area contributed by atoms with E-state index in [1.807, 2.05) is 0 Å². The van der Waals surface area contributed by atoms with Crippen molar-refractivity contribution in [2.24, 2.45) is 0 Å². The summed E-state index contributed by atoms with van der Waals surface area (Å²) in [6.07, 6.45) is 4.26. The van der Waals surface area contributed by atoms with Crippen molar-refractivity contribution in [1.29, 1.82) is 0 Å². The third-order valence-electron chi connectivity index (χ3n) is 6.61. The molecule has 0 atom stereocenters. The van der Waals surface area contributed by atoms with Crippen LogP contribution < -0.4 is 16.2 Å². The van der Waals surface area contributed by atoms with Crippen LogP contribution in [0.5, 0.6) is 0 Å². The Morgan fingerprint density at radius 3 is 2.49 bits per heavy atom. The zero-order valence-electron chi connectivity index (χ0n) is 21.0. The normalized spacial score (nSPS) is 13.5. The van der Waals surface area contributed by atoms with E-state index in [-0.39, 0.29) is 35.5 Å². The van der Waals surface area contributed by atoms with E-state index in [0.717, 1.165) is 55.1 Å². The van der Waals surface area contributed by atoms with Gasteiger partial charge in [-0.05, 0) is 54.8 Å². The Morgan fingerprint density at radius 2 is 1.74 bits per heavy atom. The van der Waals surface area contributed by atoms with Gasteiger partial charge in [-0.25, -0.2) is 13.8 Å². The maximum Gasteiger partial charge on any atom is 0.262 e. The summed E-state index contributed by atoms with van der Waals surface area (Å²) in [6.45, 7) is 0.178. The molecule has 1 fully saturated rings. The molecule has 1 aromatic heterocycles. The zero-order chi connectivity index (χ0) is 27.4. The molecule has 200 valence electrons. The Hall–Kier alpha value is -4.05. The van der Waals surface area contributed by atoms with Gasteiger partial charge in [-0.1, -0.05) is 48.9 Å². The van der Waals surface area contributed by atoms with E-state index in [1.54, 1.807) is 48.5 Å². The van der Waals surface area contributed by atoms with Crippen molar-refractivity contribution in [3.05, 3.63) is 99.8 Å². The number of hydrogen-bond acceptors (Lipinski definition) is 5. The van der Waals surface area contributed by atoms with Crippen LogP contribution in [0.4, 0.5) is 14.5 Å². The summed E-state index contributed by atoms with van der Waals surface area (Å²) in [6, 6.07) is 17.1. The first kappa shape index (κ1) is 26.6. The average Bonchev–Trinajstić information content (AvgIpc) is 3.44. The van der Waals surface area contributed by atoms with Crippen molar-refractivity contribution in [2.45, 2.75) is 43.4 Å². The van der Waals surface area contributed by atoms with E-state index < -0.39 is 17.5 Å². The fraction of sp³-hybridized carbons (Fsp3) is 0.241. The van der Waals surface area contributed by atoms with Crippen LogP contribution in [0.15, 0.2) is 76.7 Å². The summed E-state index contributed by atoms with van der Waals surface area (Å²) in [5, 5.41) is 6.24. The van der Waals surface area contributed by atoms with Gasteiger partial charge in [-0.3, -0.25) is 19.0 Å². The van der Waals surface area contributed by atoms with Gasteiger partial charge in [0.2, 0.25) is 5.91 Å². The van der Waals surface area contributed by atoms with Crippen LogP contribution in [-0.4, -0.2) is 33.2 Å². The minimum absolute atomic E-state index is 0.113. The van der Waals surface area contributed by atoms with Gasteiger partial charge in [0.15, 0.2) is 5.16 Å². The Morgan fingerprint density at radius 1 is 1.00 bits per heavy atom. The second-order valence-corrected chi connectivity index (χ2v) is 10.4. The molecule has 1 aliphatic carbocycles. The van der Waals surface area contributed by atoms with Crippen LogP contribution in [0.3, 0.4) is 0 Å². The lowest BCUT2D eigenvalue weighted by atomic mass is 10.1. The third-order valence-corrected chi connectivity index (χ3v) is 7.59. The molecule has 0 aliphatic heterocycles. The summed E-state index contributed by atoms with van der Waals surface area (Å²) >= 11 is 1.04. The van der Waals surface area contributed by atoms with E-state index in [0.29, 0.717) is 27.7 Å². The number of para-hydroxylation sites is 1. The number of halogens is 2. The second-order valence-electron chi connectivity index (χ2n) is 9.42. The summed E-state index contributed by atoms with van der Waals surface area (Å²) in [4.78, 5) is 43.1. The second kappa shape index (κ2) is 11.8. The Balaban J connectivity index is 1.34. The number of fused-ring (bicyclic) bond motifs is 1. The summed E-state index contributed by atoms with van der Waals surface area (Å²) < 4.78 is 28.6. The average molecular weight is 549 g/mol. The number of nitrogens with zero attached hydrogens (tertiary/aromatic N) is 2. The fourth-order valence-corrected chi connectivity index (χ4v) is 5.39. The minimum Gasteiger partial charge on any atom is -0.349 e. The predicted octanol–water partition coefficient (Wildman–Crippen LogP) is 5.13. The summed E-state index contributed by atoms with van der Waals surface area (Å²) in [5.41, 5.74) is 1.42. The number of aromatic nitrogens is 2. The molecular formula is C29H26F2N4O3S. The number of nitrogens with one attached hydrogen (secondary N) is 2. The monoisotopic (exact) mass is 548 g/mol. The van der Waals surface area contributed by atoms with Gasteiger partial charge in [0, 0.05) is 17.7 Å². The van der Waals surface area contributed by atoms with Crippen LogP contribution in [0, 0.1) is 11.6 Å². The van der Waals surface area contributed by atoms with Gasteiger partial charge in [0.05, 0.1) is 28.9 Å². The van der Waals surface area contributed by atoms with Crippen molar-refractivity contribution < 1.29 is 18.4 Å². The molecule has 4 aromatic rings. The largest absolute Gasteiger partial charge is 0.349 e. The van der Waals surface area contributed by atoms with E-state index >= 15 is 0 Å².